The monoisotopic (exact) mass is 363 g/mol. The van der Waals surface area contributed by atoms with Crippen LogP contribution in [0.4, 0.5) is 4.39 Å². The number of esters is 1. The number of nitrogens with one attached hydrogen (secondary N) is 1. The predicted octanol–water partition coefficient (Wildman–Crippen LogP) is 3.96. The molecule has 0 amide bonds. The first-order chi connectivity index (χ1) is 13.0. The summed E-state index contributed by atoms with van der Waals surface area (Å²) in [5.41, 5.74) is 4.29. The molecule has 1 heterocycles. The number of hydrogen-bond acceptors (Lipinski definition) is 4. The van der Waals surface area contributed by atoms with Gasteiger partial charge in [-0.25, -0.2) is 9.18 Å². The van der Waals surface area contributed by atoms with Crippen LogP contribution in [0.5, 0.6) is 0 Å². The normalized spacial score (nSPS) is 18.2. The number of hydrogen-bond donors (Lipinski definition) is 1. The van der Waals surface area contributed by atoms with Crippen LogP contribution in [0.25, 0.3) is 5.70 Å². The second kappa shape index (κ2) is 6.50. The van der Waals surface area contributed by atoms with Gasteiger partial charge >= 0.3 is 5.97 Å². The van der Waals surface area contributed by atoms with E-state index in [0.29, 0.717) is 33.7 Å². The Labute approximate surface area is 156 Å². The Morgan fingerprint density at radius 1 is 1.11 bits per heavy atom. The molecule has 0 radical (unpaired) electrons. The number of halogens is 1. The number of ketones is 1. The van der Waals surface area contributed by atoms with Crippen molar-refractivity contribution in [1.82, 2.24) is 5.32 Å². The molecule has 0 fully saturated rings. The molecule has 27 heavy (non-hydrogen) atoms. The summed E-state index contributed by atoms with van der Waals surface area (Å²) < 4.78 is 18.7. The fourth-order valence-corrected chi connectivity index (χ4v) is 3.80. The van der Waals surface area contributed by atoms with Crippen molar-refractivity contribution < 1.29 is 18.7 Å². The Kier molecular flexibility index (Phi) is 4.15. The van der Waals surface area contributed by atoms with Gasteiger partial charge in [0.1, 0.15) is 5.82 Å². The number of Topliss-reactive ketones (excluding diaryl/α,β-unsaturated/α-hetero) is 1. The van der Waals surface area contributed by atoms with Crippen molar-refractivity contribution in [1.29, 1.82) is 0 Å². The number of benzene rings is 2. The molecular formula is C22H18FNO3. The summed E-state index contributed by atoms with van der Waals surface area (Å²) in [5.74, 6) is -1.59. The number of rotatable bonds is 3. The quantitative estimate of drug-likeness (QED) is 0.839. The van der Waals surface area contributed by atoms with E-state index in [2.05, 4.69) is 5.32 Å². The Morgan fingerprint density at radius 3 is 2.44 bits per heavy atom. The van der Waals surface area contributed by atoms with Crippen LogP contribution >= 0.6 is 0 Å². The lowest BCUT2D eigenvalue weighted by molar-refractivity contribution is -0.138. The molecule has 1 aliphatic carbocycles. The number of dihydropyridines is 1. The number of allylic oxidation sites excluding steroid dienone is 2. The lowest BCUT2D eigenvalue weighted by Gasteiger charge is -2.29. The molecule has 4 rings (SSSR count). The van der Waals surface area contributed by atoms with Gasteiger partial charge in [-0.2, -0.15) is 0 Å². The molecule has 0 saturated carbocycles. The number of fused-ring (bicyclic) bond motifs is 2. The lowest BCUT2D eigenvalue weighted by atomic mass is 9.80. The Bertz CT molecular complexity index is 1020. The summed E-state index contributed by atoms with van der Waals surface area (Å²) in [7, 11) is 0. The van der Waals surface area contributed by atoms with Crippen molar-refractivity contribution in [3.05, 3.63) is 87.9 Å². The molecule has 2 aromatic carbocycles. The molecule has 136 valence electrons. The number of carbonyl (C=O) groups excluding carboxylic acids is 2. The van der Waals surface area contributed by atoms with E-state index in [1.165, 1.54) is 12.1 Å². The van der Waals surface area contributed by atoms with Crippen molar-refractivity contribution in [3.63, 3.8) is 0 Å². The van der Waals surface area contributed by atoms with E-state index < -0.39 is 11.9 Å². The minimum atomic E-state index is -0.610. The standard InChI is InChI=1S/C22H18FNO3/c1-3-27-22(26)17-12(2)24-20-15-6-4-5-7-16(15)21(25)19(20)18(17)13-8-10-14(23)11-9-13/h4-11,18,24H,3H2,1-2H3/t18-/m1/s1. The maximum absolute atomic E-state index is 13.5. The highest BCUT2D eigenvalue weighted by Crippen LogP contribution is 2.46. The molecule has 0 spiro atoms. The first-order valence-electron chi connectivity index (χ1n) is 8.81. The molecule has 0 aromatic heterocycles. The zero-order valence-electron chi connectivity index (χ0n) is 15.0. The van der Waals surface area contributed by atoms with Crippen LogP contribution in [0.15, 0.2) is 65.4 Å². The Balaban J connectivity index is 1.92. The van der Waals surface area contributed by atoms with Crippen molar-refractivity contribution >= 4 is 17.4 Å². The van der Waals surface area contributed by atoms with E-state index in [1.54, 1.807) is 32.0 Å². The van der Waals surface area contributed by atoms with Gasteiger partial charge in [-0.15, -0.1) is 0 Å². The average molecular weight is 363 g/mol. The SMILES string of the molecule is CCOC(=O)C1=C(C)NC2=C(C(=O)c3ccccc32)[C@@H]1c1ccc(F)cc1. The molecule has 0 unspecified atom stereocenters. The average Bonchev–Trinajstić information content (AvgIpc) is 2.94. The molecule has 1 atom stereocenters. The molecule has 2 aliphatic rings. The van der Waals surface area contributed by atoms with Gasteiger partial charge in [0.25, 0.3) is 0 Å². The van der Waals surface area contributed by atoms with Crippen molar-refractivity contribution in [2.75, 3.05) is 6.61 Å². The zero-order chi connectivity index (χ0) is 19.1. The molecule has 1 N–H and O–H groups in total. The number of ether oxygens (including phenoxy) is 1. The summed E-state index contributed by atoms with van der Waals surface area (Å²) in [6, 6.07) is 13.2. The lowest BCUT2D eigenvalue weighted by Crippen LogP contribution is -2.29. The molecule has 0 bridgehead atoms. The minimum absolute atomic E-state index is 0.128. The highest BCUT2D eigenvalue weighted by molar-refractivity contribution is 6.23. The molecule has 2 aromatic rings. The van der Waals surface area contributed by atoms with E-state index >= 15 is 0 Å². The summed E-state index contributed by atoms with van der Waals surface area (Å²) >= 11 is 0. The van der Waals surface area contributed by atoms with Crippen LogP contribution in [0.3, 0.4) is 0 Å². The van der Waals surface area contributed by atoms with Gasteiger partial charge < -0.3 is 10.1 Å². The van der Waals surface area contributed by atoms with Crippen LogP contribution in [0.1, 0.15) is 41.3 Å². The Morgan fingerprint density at radius 2 is 1.78 bits per heavy atom. The van der Waals surface area contributed by atoms with E-state index in [9.17, 15) is 14.0 Å². The van der Waals surface area contributed by atoms with Crippen LogP contribution in [-0.4, -0.2) is 18.4 Å². The summed E-state index contributed by atoms with van der Waals surface area (Å²) in [6.07, 6.45) is 0. The van der Waals surface area contributed by atoms with Crippen LogP contribution in [0, 0.1) is 5.82 Å². The van der Waals surface area contributed by atoms with Crippen LogP contribution < -0.4 is 5.32 Å². The van der Waals surface area contributed by atoms with Crippen LogP contribution in [-0.2, 0) is 9.53 Å². The Hall–Kier alpha value is -3.21. The molecule has 4 nitrogen and oxygen atoms in total. The molecule has 0 saturated heterocycles. The highest BCUT2D eigenvalue weighted by Gasteiger charge is 2.42. The molecule has 5 heteroatoms. The third-order valence-corrected chi connectivity index (χ3v) is 4.95. The van der Waals surface area contributed by atoms with Crippen molar-refractivity contribution in [2.24, 2.45) is 0 Å². The van der Waals surface area contributed by atoms with Gasteiger partial charge in [0, 0.05) is 28.3 Å². The van der Waals surface area contributed by atoms with Gasteiger partial charge in [-0.1, -0.05) is 36.4 Å². The topological polar surface area (TPSA) is 55.4 Å². The molecule has 1 aliphatic heterocycles. The summed E-state index contributed by atoms with van der Waals surface area (Å²) in [5, 5.41) is 3.23. The van der Waals surface area contributed by atoms with Gasteiger partial charge in [-0.05, 0) is 31.5 Å². The smallest absolute Gasteiger partial charge is 0.336 e. The maximum Gasteiger partial charge on any atom is 0.336 e. The van der Waals surface area contributed by atoms with E-state index in [4.69, 9.17) is 4.74 Å². The van der Waals surface area contributed by atoms with Gasteiger partial charge in [0.2, 0.25) is 0 Å². The van der Waals surface area contributed by atoms with Crippen molar-refractivity contribution in [2.45, 2.75) is 19.8 Å². The predicted molar refractivity (Wildman–Crippen MR) is 99.3 cm³/mol. The van der Waals surface area contributed by atoms with Gasteiger partial charge in [0.15, 0.2) is 5.78 Å². The first-order valence-corrected chi connectivity index (χ1v) is 8.81. The maximum atomic E-state index is 13.5. The van der Waals surface area contributed by atoms with Gasteiger partial charge in [-0.3, -0.25) is 4.79 Å². The highest BCUT2D eigenvalue weighted by atomic mass is 19.1. The van der Waals surface area contributed by atoms with E-state index in [-0.39, 0.29) is 18.2 Å². The van der Waals surface area contributed by atoms with E-state index in [1.807, 2.05) is 18.2 Å². The first kappa shape index (κ1) is 17.2. The van der Waals surface area contributed by atoms with Gasteiger partial charge in [0.05, 0.1) is 17.9 Å². The van der Waals surface area contributed by atoms with Crippen molar-refractivity contribution in [3.8, 4) is 0 Å². The second-order valence-corrected chi connectivity index (χ2v) is 6.53. The van der Waals surface area contributed by atoms with E-state index in [0.717, 1.165) is 5.56 Å². The summed E-state index contributed by atoms with van der Waals surface area (Å²) in [6.45, 7) is 3.75. The zero-order valence-corrected chi connectivity index (χ0v) is 15.0. The largest absolute Gasteiger partial charge is 0.463 e. The van der Waals surface area contributed by atoms with Crippen LogP contribution in [0.2, 0.25) is 0 Å². The third-order valence-electron chi connectivity index (χ3n) is 4.95. The fraction of sp³-hybridized carbons (Fsp3) is 0.182. The third kappa shape index (κ3) is 2.67. The second-order valence-electron chi connectivity index (χ2n) is 6.53. The fourth-order valence-electron chi connectivity index (χ4n) is 3.80. The molecular weight excluding hydrogens is 345 g/mol. The summed E-state index contributed by atoms with van der Waals surface area (Å²) in [4.78, 5) is 25.9. The minimum Gasteiger partial charge on any atom is -0.463 e. The number of carbonyl (C=O) groups is 2.